The van der Waals surface area contributed by atoms with Crippen molar-refractivity contribution in [1.82, 2.24) is 0 Å². The Kier molecular flexibility index (Phi) is 3.11. The highest BCUT2D eigenvalue weighted by atomic mass is 16.5. The first kappa shape index (κ1) is 13.0. The van der Waals surface area contributed by atoms with E-state index in [2.05, 4.69) is 71.1 Å². The number of hydrogen-bond acceptors (Lipinski definition) is 1. The van der Waals surface area contributed by atoms with Crippen LogP contribution >= 0.6 is 0 Å². The first-order chi connectivity index (χ1) is 10.8. The third-order valence-corrected chi connectivity index (χ3v) is 4.04. The number of pyridine rings is 2. The van der Waals surface area contributed by atoms with Crippen molar-refractivity contribution in [3.8, 4) is 5.75 Å². The Bertz CT molecular complexity index is 823. The summed E-state index contributed by atoms with van der Waals surface area (Å²) in [6, 6.07) is 14.6. The SMILES string of the molecule is CC[n+]1ccc(/C=C2/C[n+]3cccc4cccc(c43)O2)cc1. The molecule has 0 radical (unpaired) electrons. The molecule has 1 aromatic carbocycles. The Balaban J connectivity index is 1.72. The number of benzene rings is 1. The Morgan fingerprint density at radius 3 is 2.68 bits per heavy atom. The number of hydrogen-bond donors (Lipinski definition) is 0. The van der Waals surface area contributed by atoms with Gasteiger partial charge in [0.15, 0.2) is 30.1 Å². The molecule has 3 nitrogen and oxygen atoms in total. The smallest absolute Gasteiger partial charge is 0.255 e. The van der Waals surface area contributed by atoms with Gasteiger partial charge in [0.05, 0.1) is 5.39 Å². The van der Waals surface area contributed by atoms with Crippen molar-refractivity contribution in [2.45, 2.75) is 20.0 Å². The number of ether oxygens (including phenoxy) is 1. The molecule has 1 aliphatic rings. The highest BCUT2D eigenvalue weighted by Gasteiger charge is 2.23. The van der Waals surface area contributed by atoms with Gasteiger partial charge in [0.2, 0.25) is 6.54 Å². The minimum absolute atomic E-state index is 0.761. The molecule has 3 heteroatoms. The number of rotatable bonds is 2. The molecule has 0 atom stereocenters. The van der Waals surface area contributed by atoms with Crippen LogP contribution in [0, 0.1) is 0 Å². The van der Waals surface area contributed by atoms with Gasteiger partial charge in [-0.1, -0.05) is 6.07 Å². The first-order valence-electron chi connectivity index (χ1n) is 7.62. The van der Waals surface area contributed by atoms with Gasteiger partial charge in [0.25, 0.3) is 5.52 Å². The van der Waals surface area contributed by atoms with E-state index in [4.69, 9.17) is 4.74 Å². The molecule has 0 saturated carbocycles. The number of para-hydroxylation sites is 1. The van der Waals surface area contributed by atoms with Crippen LogP contribution in [0.15, 0.2) is 66.8 Å². The lowest BCUT2D eigenvalue weighted by molar-refractivity contribution is -0.693. The fourth-order valence-corrected chi connectivity index (χ4v) is 2.90. The molecule has 2 aromatic heterocycles. The van der Waals surface area contributed by atoms with Crippen LogP contribution in [0.4, 0.5) is 0 Å². The zero-order chi connectivity index (χ0) is 14.9. The summed E-state index contributed by atoms with van der Waals surface area (Å²) in [6.45, 7) is 3.88. The number of aromatic nitrogens is 2. The van der Waals surface area contributed by atoms with Crippen molar-refractivity contribution in [2.75, 3.05) is 0 Å². The molecular weight excluding hydrogens is 272 g/mol. The Morgan fingerprint density at radius 2 is 1.86 bits per heavy atom. The Hall–Kier alpha value is -2.68. The topological polar surface area (TPSA) is 17.0 Å². The predicted octanol–water partition coefficient (Wildman–Crippen LogP) is 2.87. The van der Waals surface area contributed by atoms with Crippen LogP contribution in [0.3, 0.4) is 0 Å². The van der Waals surface area contributed by atoms with E-state index in [-0.39, 0.29) is 0 Å². The zero-order valence-electron chi connectivity index (χ0n) is 12.6. The lowest BCUT2D eigenvalue weighted by Gasteiger charge is -2.15. The highest BCUT2D eigenvalue weighted by Crippen LogP contribution is 2.27. The van der Waals surface area contributed by atoms with Crippen LogP contribution < -0.4 is 13.9 Å². The summed E-state index contributed by atoms with van der Waals surface area (Å²) in [5.74, 6) is 1.89. The molecule has 0 aliphatic carbocycles. The van der Waals surface area contributed by atoms with Crippen molar-refractivity contribution in [2.24, 2.45) is 0 Å². The largest absolute Gasteiger partial charge is 0.448 e. The predicted molar refractivity (Wildman–Crippen MR) is 85.1 cm³/mol. The van der Waals surface area contributed by atoms with Crippen LogP contribution in [-0.2, 0) is 13.1 Å². The first-order valence-corrected chi connectivity index (χ1v) is 7.62. The van der Waals surface area contributed by atoms with E-state index in [1.807, 2.05) is 12.1 Å². The fourth-order valence-electron chi connectivity index (χ4n) is 2.90. The molecule has 22 heavy (non-hydrogen) atoms. The molecule has 4 rings (SSSR count). The minimum Gasteiger partial charge on any atom is -0.448 e. The molecule has 0 fully saturated rings. The van der Waals surface area contributed by atoms with E-state index >= 15 is 0 Å². The van der Waals surface area contributed by atoms with Crippen LogP contribution in [0.5, 0.6) is 5.75 Å². The Labute approximate surface area is 129 Å². The molecule has 0 spiro atoms. The lowest BCUT2D eigenvalue weighted by atomic mass is 10.1. The summed E-state index contributed by atoms with van der Waals surface area (Å²) < 4.78 is 10.5. The maximum atomic E-state index is 6.10. The zero-order valence-corrected chi connectivity index (χ0v) is 12.6. The molecule has 0 unspecified atom stereocenters. The lowest BCUT2D eigenvalue weighted by Crippen LogP contribution is -2.39. The molecule has 0 saturated heterocycles. The van der Waals surface area contributed by atoms with Gasteiger partial charge in [-0.2, -0.15) is 4.57 Å². The average molecular weight is 290 g/mol. The van der Waals surface area contributed by atoms with Crippen molar-refractivity contribution in [3.63, 3.8) is 0 Å². The van der Waals surface area contributed by atoms with E-state index < -0.39 is 0 Å². The molecule has 3 heterocycles. The summed E-state index contributed by atoms with van der Waals surface area (Å²) >= 11 is 0. The van der Waals surface area contributed by atoms with Crippen molar-refractivity contribution in [1.29, 1.82) is 0 Å². The quantitative estimate of drug-likeness (QED) is 0.663. The second kappa shape index (κ2) is 5.26. The highest BCUT2D eigenvalue weighted by molar-refractivity contribution is 5.82. The van der Waals surface area contributed by atoms with Crippen LogP contribution in [0.1, 0.15) is 12.5 Å². The fraction of sp³-hybridized carbons (Fsp3) is 0.158. The standard InChI is InChI=1S/C19H18N2O/c1-2-20-11-8-15(9-12-20)13-17-14-21-10-4-6-16-5-3-7-18(22-17)19(16)21/h3-13H,2,14H2,1H3/q+2/b17-13-. The van der Waals surface area contributed by atoms with Gasteiger partial charge in [-0.15, -0.1) is 0 Å². The monoisotopic (exact) mass is 290 g/mol. The molecule has 3 aromatic rings. The van der Waals surface area contributed by atoms with Crippen molar-refractivity contribution < 1.29 is 13.9 Å². The summed E-state index contributed by atoms with van der Waals surface area (Å²) in [5.41, 5.74) is 2.32. The molecule has 0 bridgehead atoms. The second-order valence-electron chi connectivity index (χ2n) is 5.50. The maximum absolute atomic E-state index is 6.10. The second-order valence-corrected chi connectivity index (χ2v) is 5.50. The molecule has 1 aliphatic heterocycles. The minimum atomic E-state index is 0.761. The number of allylic oxidation sites excluding steroid dienone is 1. The van der Waals surface area contributed by atoms with Gasteiger partial charge in [-0.05, 0) is 36.8 Å². The van der Waals surface area contributed by atoms with E-state index in [1.165, 1.54) is 10.9 Å². The summed E-state index contributed by atoms with van der Waals surface area (Å²) in [5, 5.41) is 1.21. The van der Waals surface area contributed by atoms with E-state index in [0.29, 0.717) is 0 Å². The van der Waals surface area contributed by atoms with Gasteiger partial charge < -0.3 is 4.74 Å². The van der Waals surface area contributed by atoms with Gasteiger partial charge in [-0.25, -0.2) is 4.57 Å². The molecule has 0 N–H and O–H groups in total. The van der Waals surface area contributed by atoms with E-state index in [1.54, 1.807) is 0 Å². The van der Waals surface area contributed by atoms with Crippen LogP contribution in [0.2, 0.25) is 0 Å². The Morgan fingerprint density at radius 1 is 1.05 bits per heavy atom. The summed E-state index contributed by atoms with van der Waals surface area (Å²) in [6.07, 6.45) is 8.41. The molecular formula is C19H18N2O+2. The van der Waals surface area contributed by atoms with Crippen LogP contribution in [-0.4, -0.2) is 0 Å². The van der Waals surface area contributed by atoms with Gasteiger partial charge in [0, 0.05) is 18.2 Å². The van der Waals surface area contributed by atoms with Gasteiger partial charge in [-0.3, -0.25) is 0 Å². The third kappa shape index (κ3) is 2.25. The van der Waals surface area contributed by atoms with E-state index in [9.17, 15) is 0 Å². The molecule has 108 valence electrons. The average Bonchev–Trinajstić information content (AvgIpc) is 2.56. The summed E-state index contributed by atoms with van der Waals surface area (Å²) in [7, 11) is 0. The normalized spacial score (nSPS) is 15.0. The summed E-state index contributed by atoms with van der Waals surface area (Å²) in [4.78, 5) is 0. The number of nitrogens with zero attached hydrogens (tertiary/aromatic N) is 2. The third-order valence-electron chi connectivity index (χ3n) is 4.04. The van der Waals surface area contributed by atoms with Gasteiger partial charge in [0.1, 0.15) is 6.54 Å². The van der Waals surface area contributed by atoms with Crippen LogP contribution in [0.25, 0.3) is 17.0 Å². The van der Waals surface area contributed by atoms with Crippen molar-refractivity contribution >= 4 is 17.0 Å². The molecule has 0 amide bonds. The van der Waals surface area contributed by atoms with E-state index in [0.717, 1.165) is 30.2 Å². The van der Waals surface area contributed by atoms with Gasteiger partial charge >= 0.3 is 0 Å². The van der Waals surface area contributed by atoms with Crippen molar-refractivity contribution in [3.05, 3.63) is 72.4 Å². The maximum Gasteiger partial charge on any atom is 0.255 e. The number of aryl methyl sites for hydroxylation is 1.